The number of nitrogens with one attached hydrogen (secondary N) is 1. The van der Waals surface area contributed by atoms with Gasteiger partial charge in [-0.3, -0.25) is 13.9 Å². The Morgan fingerprint density at radius 3 is 2.09 bits per heavy atom. The second-order valence-corrected chi connectivity index (χ2v) is 13.1. The van der Waals surface area contributed by atoms with Gasteiger partial charge < -0.3 is 19.7 Å². The van der Waals surface area contributed by atoms with Crippen LogP contribution in [0.3, 0.4) is 0 Å². The SMILES string of the molecule is COc1ccc(N(CC(=O)N(Cc2c(Cl)cccc2Cl)C(Cc2ccccc2)C(=O)NCC(C)C)S(C)(=O)=O)cc1OC. The van der Waals surface area contributed by atoms with Crippen LogP contribution in [0.4, 0.5) is 5.69 Å². The summed E-state index contributed by atoms with van der Waals surface area (Å²) < 4.78 is 37.7. The third kappa shape index (κ3) is 9.26. The fraction of sp³-hybridized carbons (Fsp3) is 0.355. The van der Waals surface area contributed by atoms with Crippen molar-refractivity contribution in [2.75, 3.05) is 37.9 Å². The molecule has 232 valence electrons. The third-order valence-corrected chi connectivity index (χ3v) is 8.53. The van der Waals surface area contributed by atoms with Gasteiger partial charge in [-0.15, -0.1) is 0 Å². The number of carbonyl (C=O) groups is 2. The fourth-order valence-electron chi connectivity index (χ4n) is 4.42. The molecular weight excluding hydrogens is 613 g/mol. The predicted molar refractivity (Wildman–Crippen MR) is 171 cm³/mol. The number of halogens is 2. The molecule has 43 heavy (non-hydrogen) atoms. The van der Waals surface area contributed by atoms with Gasteiger partial charge in [0.25, 0.3) is 0 Å². The lowest BCUT2D eigenvalue weighted by atomic mass is 10.0. The number of hydrogen-bond acceptors (Lipinski definition) is 6. The maximum atomic E-state index is 14.3. The topological polar surface area (TPSA) is 105 Å². The Bertz CT molecular complexity index is 1500. The first-order valence-electron chi connectivity index (χ1n) is 13.6. The van der Waals surface area contributed by atoms with Crippen molar-refractivity contribution in [3.63, 3.8) is 0 Å². The molecule has 0 saturated heterocycles. The van der Waals surface area contributed by atoms with Crippen molar-refractivity contribution in [2.45, 2.75) is 32.9 Å². The van der Waals surface area contributed by atoms with Gasteiger partial charge in [0.05, 0.1) is 26.2 Å². The van der Waals surface area contributed by atoms with E-state index in [0.717, 1.165) is 16.1 Å². The first-order valence-corrected chi connectivity index (χ1v) is 16.2. The van der Waals surface area contributed by atoms with Crippen LogP contribution in [0.5, 0.6) is 11.5 Å². The lowest BCUT2D eigenvalue weighted by Gasteiger charge is -2.34. The van der Waals surface area contributed by atoms with Crippen molar-refractivity contribution in [1.29, 1.82) is 0 Å². The second-order valence-electron chi connectivity index (χ2n) is 10.4. The number of ether oxygens (including phenoxy) is 2. The van der Waals surface area contributed by atoms with Gasteiger partial charge in [0.1, 0.15) is 12.6 Å². The summed E-state index contributed by atoms with van der Waals surface area (Å²) in [6.45, 7) is 3.59. The fourth-order valence-corrected chi connectivity index (χ4v) is 5.78. The normalized spacial score (nSPS) is 12.0. The number of carbonyl (C=O) groups excluding carboxylic acids is 2. The predicted octanol–water partition coefficient (Wildman–Crippen LogP) is 5.19. The van der Waals surface area contributed by atoms with Crippen LogP contribution in [0.15, 0.2) is 66.7 Å². The first-order chi connectivity index (χ1) is 20.3. The van der Waals surface area contributed by atoms with Crippen molar-refractivity contribution in [3.05, 3.63) is 87.9 Å². The van der Waals surface area contributed by atoms with E-state index < -0.39 is 28.5 Å². The van der Waals surface area contributed by atoms with Crippen LogP contribution in [0.1, 0.15) is 25.0 Å². The molecule has 0 bridgehead atoms. The highest BCUT2D eigenvalue weighted by Crippen LogP contribution is 2.33. The molecule has 3 aromatic rings. The van der Waals surface area contributed by atoms with Gasteiger partial charge in [-0.05, 0) is 35.7 Å². The second kappa shape index (κ2) is 15.3. The third-order valence-electron chi connectivity index (χ3n) is 6.68. The molecule has 0 spiro atoms. The number of benzene rings is 3. The van der Waals surface area contributed by atoms with Gasteiger partial charge in [-0.2, -0.15) is 0 Å². The number of nitrogens with zero attached hydrogens (tertiary/aromatic N) is 2. The standard InChI is InChI=1S/C31H37Cl2N3O6S/c1-21(2)18-34-31(38)27(16-22-10-7-6-8-11-22)35(19-24-25(32)12-9-13-26(24)33)30(37)20-36(43(5,39)40)23-14-15-28(41-3)29(17-23)42-4/h6-15,17,21,27H,16,18-20H2,1-5H3,(H,34,38). The van der Waals surface area contributed by atoms with E-state index in [9.17, 15) is 18.0 Å². The van der Waals surface area contributed by atoms with Gasteiger partial charge in [-0.1, -0.05) is 73.4 Å². The van der Waals surface area contributed by atoms with Crippen LogP contribution < -0.4 is 19.1 Å². The first kappa shape index (κ1) is 34.0. The number of amides is 2. The number of anilines is 1. The molecule has 3 rings (SSSR count). The zero-order valence-corrected chi connectivity index (χ0v) is 27.2. The molecule has 1 unspecified atom stereocenters. The molecule has 0 aliphatic carbocycles. The summed E-state index contributed by atoms with van der Waals surface area (Å²) in [5.74, 6) is -0.168. The summed E-state index contributed by atoms with van der Waals surface area (Å²) in [5, 5.41) is 3.56. The number of hydrogen-bond donors (Lipinski definition) is 1. The van der Waals surface area contributed by atoms with Gasteiger partial charge in [-0.25, -0.2) is 8.42 Å². The lowest BCUT2D eigenvalue weighted by molar-refractivity contribution is -0.140. The van der Waals surface area contributed by atoms with E-state index in [0.29, 0.717) is 27.9 Å². The largest absolute Gasteiger partial charge is 0.493 e. The molecule has 0 heterocycles. The Morgan fingerprint density at radius 2 is 1.53 bits per heavy atom. The lowest BCUT2D eigenvalue weighted by Crippen LogP contribution is -2.53. The molecule has 1 N–H and O–H groups in total. The van der Waals surface area contributed by atoms with Crippen molar-refractivity contribution < 1.29 is 27.5 Å². The minimum atomic E-state index is -3.97. The van der Waals surface area contributed by atoms with Crippen molar-refractivity contribution in [1.82, 2.24) is 10.2 Å². The van der Waals surface area contributed by atoms with E-state index >= 15 is 0 Å². The van der Waals surface area contributed by atoms with Gasteiger partial charge in [0.15, 0.2) is 11.5 Å². The summed E-state index contributed by atoms with van der Waals surface area (Å²) in [5.41, 5.74) is 1.44. The Balaban J connectivity index is 2.11. The summed E-state index contributed by atoms with van der Waals surface area (Å²) >= 11 is 13.0. The summed E-state index contributed by atoms with van der Waals surface area (Å²) in [6.07, 6.45) is 1.18. The van der Waals surface area contributed by atoms with Crippen LogP contribution in [0.2, 0.25) is 10.0 Å². The molecule has 3 aromatic carbocycles. The maximum absolute atomic E-state index is 14.3. The minimum Gasteiger partial charge on any atom is -0.493 e. The molecule has 9 nitrogen and oxygen atoms in total. The average Bonchev–Trinajstić information content (AvgIpc) is 2.97. The van der Waals surface area contributed by atoms with Crippen molar-refractivity contribution in [2.24, 2.45) is 5.92 Å². The Morgan fingerprint density at radius 1 is 0.907 bits per heavy atom. The molecule has 0 fully saturated rings. The monoisotopic (exact) mass is 649 g/mol. The van der Waals surface area contributed by atoms with Crippen LogP contribution in [-0.2, 0) is 32.6 Å². The van der Waals surface area contributed by atoms with E-state index in [1.165, 1.54) is 31.3 Å². The van der Waals surface area contributed by atoms with E-state index in [4.69, 9.17) is 32.7 Å². The molecule has 12 heteroatoms. The molecule has 0 aliphatic rings. The van der Waals surface area contributed by atoms with Gasteiger partial charge in [0, 0.05) is 41.2 Å². The number of methoxy groups -OCH3 is 2. The highest BCUT2D eigenvalue weighted by molar-refractivity contribution is 7.92. The molecule has 0 saturated carbocycles. The van der Waals surface area contributed by atoms with Crippen LogP contribution in [0, 0.1) is 5.92 Å². The Labute approximate surface area is 263 Å². The number of rotatable bonds is 14. The average molecular weight is 651 g/mol. The van der Waals surface area contributed by atoms with Gasteiger partial charge in [0.2, 0.25) is 21.8 Å². The van der Waals surface area contributed by atoms with E-state index in [1.807, 2.05) is 44.2 Å². The van der Waals surface area contributed by atoms with Crippen LogP contribution >= 0.6 is 23.2 Å². The molecule has 0 radical (unpaired) electrons. The quantitative estimate of drug-likeness (QED) is 0.258. The Hall–Kier alpha value is -3.47. The molecular formula is C31H37Cl2N3O6S. The molecule has 0 aromatic heterocycles. The summed E-state index contributed by atoms with van der Waals surface area (Å²) in [6, 6.07) is 17.8. The smallest absolute Gasteiger partial charge is 0.244 e. The van der Waals surface area contributed by atoms with E-state index in [1.54, 1.807) is 24.3 Å². The highest BCUT2D eigenvalue weighted by Gasteiger charge is 2.34. The highest BCUT2D eigenvalue weighted by atomic mass is 35.5. The van der Waals surface area contributed by atoms with Crippen molar-refractivity contribution in [3.8, 4) is 11.5 Å². The van der Waals surface area contributed by atoms with Crippen LogP contribution in [-0.4, -0.2) is 64.7 Å². The van der Waals surface area contributed by atoms with Crippen LogP contribution in [0.25, 0.3) is 0 Å². The zero-order chi connectivity index (χ0) is 31.7. The summed E-state index contributed by atoms with van der Waals surface area (Å²) in [7, 11) is -1.08. The number of sulfonamides is 1. The zero-order valence-electron chi connectivity index (χ0n) is 24.8. The minimum absolute atomic E-state index is 0.131. The van der Waals surface area contributed by atoms with E-state index in [-0.39, 0.29) is 36.2 Å². The van der Waals surface area contributed by atoms with Gasteiger partial charge >= 0.3 is 0 Å². The molecule has 0 aliphatic heterocycles. The summed E-state index contributed by atoms with van der Waals surface area (Å²) in [4.78, 5) is 29.3. The molecule has 1 atom stereocenters. The molecule has 2 amide bonds. The van der Waals surface area contributed by atoms with Crippen molar-refractivity contribution >= 4 is 50.7 Å². The Kier molecular flexibility index (Phi) is 12.1. The maximum Gasteiger partial charge on any atom is 0.244 e. The van der Waals surface area contributed by atoms with E-state index in [2.05, 4.69) is 5.32 Å².